The number of carboxylic acids is 1. The maximum atomic E-state index is 11.0. The molecule has 0 fully saturated rings. The maximum absolute atomic E-state index is 11.0. The summed E-state index contributed by atoms with van der Waals surface area (Å²) >= 11 is 0. The van der Waals surface area contributed by atoms with E-state index in [1.807, 2.05) is 0 Å². The van der Waals surface area contributed by atoms with Gasteiger partial charge in [0, 0.05) is 13.0 Å². The van der Waals surface area contributed by atoms with E-state index in [9.17, 15) is 9.59 Å². The summed E-state index contributed by atoms with van der Waals surface area (Å²) in [5.41, 5.74) is 4.03. The number of primary amides is 1. The maximum Gasteiger partial charge on any atom is 0.323 e. The van der Waals surface area contributed by atoms with E-state index in [0.717, 1.165) is 0 Å². The van der Waals surface area contributed by atoms with E-state index in [4.69, 9.17) is 10.8 Å². The predicted molar refractivity (Wildman–Crippen MR) is 52.8 cm³/mol. The number of nitrogens with one attached hydrogen (secondary N) is 1. The molecule has 0 saturated carbocycles. The van der Waals surface area contributed by atoms with E-state index < -0.39 is 17.4 Å². The molecule has 0 unspecified atom stereocenters. The van der Waals surface area contributed by atoms with E-state index in [2.05, 4.69) is 5.32 Å². The van der Waals surface area contributed by atoms with Gasteiger partial charge in [-0.05, 0) is 12.8 Å². The first-order valence-electron chi connectivity index (χ1n) is 4.75. The van der Waals surface area contributed by atoms with Gasteiger partial charge >= 0.3 is 5.97 Å². The third-order valence-corrected chi connectivity index (χ3v) is 2.45. The fourth-order valence-corrected chi connectivity index (χ4v) is 1.30. The number of carboxylic acid groups (broad SMARTS) is 1. The Morgan fingerprint density at radius 2 is 1.86 bits per heavy atom. The second-order valence-electron chi connectivity index (χ2n) is 3.24. The third kappa shape index (κ3) is 3.33. The largest absolute Gasteiger partial charge is 0.480 e. The standard InChI is InChI=1S/C9H18N2O3/c1-3-9(4-2,8(13)14)11-6-5-7(10)12/h11H,3-6H2,1-2H3,(H2,10,12)(H,13,14). The van der Waals surface area contributed by atoms with Gasteiger partial charge in [-0.2, -0.15) is 0 Å². The van der Waals surface area contributed by atoms with E-state index in [-0.39, 0.29) is 6.42 Å². The molecule has 0 aromatic rings. The number of carbonyl (C=O) groups is 2. The molecule has 0 aromatic heterocycles. The van der Waals surface area contributed by atoms with Crippen LogP contribution < -0.4 is 11.1 Å². The molecule has 14 heavy (non-hydrogen) atoms. The molecule has 0 saturated heterocycles. The van der Waals surface area contributed by atoms with Gasteiger partial charge in [-0.25, -0.2) is 0 Å². The second kappa shape index (κ2) is 5.59. The Hall–Kier alpha value is -1.10. The highest BCUT2D eigenvalue weighted by Crippen LogP contribution is 2.14. The summed E-state index contributed by atoms with van der Waals surface area (Å²) in [5, 5.41) is 11.9. The Balaban J connectivity index is 4.22. The lowest BCUT2D eigenvalue weighted by Crippen LogP contribution is -2.51. The summed E-state index contributed by atoms with van der Waals surface area (Å²) in [5.74, 6) is -1.31. The van der Waals surface area contributed by atoms with Crippen LogP contribution in [-0.2, 0) is 9.59 Å². The van der Waals surface area contributed by atoms with Gasteiger partial charge < -0.3 is 16.2 Å². The SMILES string of the molecule is CCC(CC)(NCCC(N)=O)C(=O)O. The topological polar surface area (TPSA) is 92.4 Å². The number of rotatable bonds is 7. The predicted octanol–water partition coefficient (Wildman–Crippen LogP) is 0.0948. The van der Waals surface area contributed by atoms with Gasteiger partial charge in [-0.3, -0.25) is 9.59 Å². The molecule has 82 valence electrons. The van der Waals surface area contributed by atoms with Crippen LogP contribution in [0.5, 0.6) is 0 Å². The zero-order valence-corrected chi connectivity index (χ0v) is 8.67. The van der Waals surface area contributed by atoms with Gasteiger partial charge in [-0.15, -0.1) is 0 Å². The summed E-state index contributed by atoms with van der Waals surface area (Å²) in [6.07, 6.45) is 1.13. The Kier molecular flexibility index (Phi) is 5.15. The normalized spacial score (nSPS) is 11.3. The van der Waals surface area contributed by atoms with Crippen LogP contribution in [-0.4, -0.2) is 29.1 Å². The molecule has 5 nitrogen and oxygen atoms in total. The highest BCUT2D eigenvalue weighted by atomic mass is 16.4. The number of hydrogen-bond donors (Lipinski definition) is 3. The van der Waals surface area contributed by atoms with Gasteiger partial charge in [0.25, 0.3) is 0 Å². The number of aliphatic carboxylic acids is 1. The summed E-state index contributed by atoms with van der Waals surface area (Å²) in [4.78, 5) is 21.4. The fourth-order valence-electron chi connectivity index (χ4n) is 1.30. The van der Waals surface area contributed by atoms with Crippen LogP contribution in [0.3, 0.4) is 0 Å². The van der Waals surface area contributed by atoms with Crippen molar-refractivity contribution < 1.29 is 14.7 Å². The monoisotopic (exact) mass is 202 g/mol. The Bertz CT molecular complexity index is 212. The first-order valence-corrected chi connectivity index (χ1v) is 4.75. The number of hydrogen-bond acceptors (Lipinski definition) is 3. The zero-order valence-electron chi connectivity index (χ0n) is 8.67. The number of amides is 1. The van der Waals surface area contributed by atoms with Crippen molar-refractivity contribution >= 4 is 11.9 Å². The first kappa shape index (κ1) is 12.9. The first-order chi connectivity index (χ1) is 6.48. The van der Waals surface area contributed by atoms with E-state index in [0.29, 0.717) is 19.4 Å². The van der Waals surface area contributed by atoms with Crippen LogP contribution in [0.4, 0.5) is 0 Å². The van der Waals surface area contributed by atoms with Crippen molar-refractivity contribution in [1.82, 2.24) is 5.32 Å². The van der Waals surface area contributed by atoms with Gasteiger partial charge in [0.2, 0.25) is 5.91 Å². The minimum Gasteiger partial charge on any atom is -0.480 e. The third-order valence-electron chi connectivity index (χ3n) is 2.45. The van der Waals surface area contributed by atoms with Gasteiger partial charge in [0.1, 0.15) is 5.54 Å². The van der Waals surface area contributed by atoms with Crippen LogP contribution in [0.25, 0.3) is 0 Å². The molecule has 1 amide bonds. The van der Waals surface area contributed by atoms with Crippen LogP contribution in [0.1, 0.15) is 33.1 Å². The Morgan fingerprint density at radius 3 is 2.14 bits per heavy atom. The van der Waals surface area contributed by atoms with Crippen molar-refractivity contribution in [3.8, 4) is 0 Å². The van der Waals surface area contributed by atoms with Crippen molar-refractivity contribution in [2.75, 3.05) is 6.54 Å². The lowest BCUT2D eigenvalue weighted by atomic mass is 9.93. The highest BCUT2D eigenvalue weighted by molar-refractivity contribution is 5.79. The van der Waals surface area contributed by atoms with E-state index in [1.54, 1.807) is 13.8 Å². The molecule has 4 N–H and O–H groups in total. The molecular weight excluding hydrogens is 184 g/mol. The molecule has 5 heteroatoms. The molecule has 0 radical (unpaired) electrons. The van der Waals surface area contributed by atoms with Crippen molar-refractivity contribution in [2.45, 2.75) is 38.6 Å². The Labute approximate surface area is 83.7 Å². The van der Waals surface area contributed by atoms with Gasteiger partial charge in [0.15, 0.2) is 0 Å². The molecule has 0 spiro atoms. The highest BCUT2D eigenvalue weighted by Gasteiger charge is 2.33. The summed E-state index contributed by atoms with van der Waals surface area (Å²) in [7, 11) is 0. The zero-order chi connectivity index (χ0) is 11.2. The lowest BCUT2D eigenvalue weighted by molar-refractivity contribution is -0.145. The van der Waals surface area contributed by atoms with E-state index >= 15 is 0 Å². The molecule has 0 atom stereocenters. The smallest absolute Gasteiger partial charge is 0.323 e. The summed E-state index contributed by atoms with van der Waals surface area (Å²) in [6.45, 7) is 3.91. The summed E-state index contributed by atoms with van der Waals surface area (Å²) < 4.78 is 0. The fraction of sp³-hybridized carbons (Fsp3) is 0.778. The minimum absolute atomic E-state index is 0.162. The van der Waals surface area contributed by atoms with Crippen molar-refractivity contribution in [3.05, 3.63) is 0 Å². The number of carbonyl (C=O) groups excluding carboxylic acids is 1. The van der Waals surface area contributed by atoms with Crippen LogP contribution >= 0.6 is 0 Å². The average molecular weight is 202 g/mol. The van der Waals surface area contributed by atoms with Gasteiger partial charge in [0.05, 0.1) is 0 Å². The quantitative estimate of drug-likeness (QED) is 0.545. The molecule has 0 bridgehead atoms. The van der Waals surface area contributed by atoms with Gasteiger partial charge in [-0.1, -0.05) is 13.8 Å². The van der Waals surface area contributed by atoms with Crippen LogP contribution in [0.2, 0.25) is 0 Å². The molecule has 0 heterocycles. The van der Waals surface area contributed by atoms with Crippen LogP contribution in [0.15, 0.2) is 0 Å². The van der Waals surface area contributed by atoms with E-state index in [1.165, 1.54) is 0 Å². The molecule has 0 aromatic carbocycles. The molecular formula is C9H18N2O3. The Morgan fingerprint density at radius 1 is 1.36 bits per heavy atom. The summed E-state index contributed by atoms with van der Waals surface area (Å²) in [6, 6.07) is 0. The minimum atomic E-state index is -0.921. The second-order valence-corrected chi connectivity index (χ2v) is 3.24. The molecule has 0 rings (SSSR count). The number of nitrogens with two attached hydrogens (primary N) is 1. The van der Waals surface area contributed by atoms with Crippen molar-refractivity contribution in [1.29, 1.82) is 0 Å². The van der Waals surface area contributed by atoms with Crippen molar-refractivity contribution in [3.63, 3.8) is 0 Å². The molecule has 0 aliphatic carbocycles. The molecule has 0 aliphatic heterocycles. The average Bonchev–Trinajstić information content (AvgIpc) is 2.12. The van der Waals surface area contributed by atoms with Crippen molar-refractivity contribution in [2.24, 2.45) is 5.73 Å². The lowest BCUT2D eigenvalue weighted by Gasteiger charge is -2.27. The van der Waals surface area contributed by atoms with Crippen LogP contribution in [0, 0.1) is 0 Å². The molecule has 0 aliphatic rings.